The molecular weight excluding hydrogens is 271 g/mol. The summed E-state index contributed by atoms with van der Waals surface area (Å²) in [6, 6.07) is 2.86. The molecule has 1 aromatic rings. The first-order chi connectivity index (χ1) is 6.56. The maximum atomic E-state index is 10.6. The summed E-state index contributed by atoms with van der Waals surface area (Å²) in [6.45, 7) is 0. The highest BCUT2D eigenvalue weighted by Gasteiger charge is 2.14. The molecule has 1 aromatic carbocycles. The first kappa shape index (κ1) is 11.1. The van der Waals surface area contributed by atoms with Crippen molar-refractivity contribution in [2.75, 3.05) is 7.05 Å². The van der Waals surface area contributed by atoms with Gasteiger partial charge in [0, 0.05) is 23.8 Å². The second kappa shape index (κ2) is 4.52. The largest absolute Gasteiger partial charge is 0.296 e. The molecule has 0 aliphatic rings. The monoisotopic (exact) mass is 276 g/mol. The number of halogens is 2. The first-order valence-electron chi connectivity index (χ1n) is 3.62. The molecule has 0 saturated heterocycles. The van der Waals surface area contributed by atoms with E-state index in [1.807, 2.05) is 0 Å². The van der Waals surface area contributed by atoms with Crippen LogP contribution in [0.1, 0.15) is 5.56 Å². The third kappa shape index (κ3) is 2.30. The highest BCUT2D eigenvalue weighted by molar-refractivity contribution is 9.10. The van der Waals surface area contributed by atoms with E-state index in [0.717, 1.165) is 0 Å². The van der Waals surface area contributed by atoms with Crippen LogP contribution in [0.2, 0.25) is 5.02 Å². The quantitative estimate of drug-likeness (QED) is 0.474. The average molecular weight is 278 g/mol. The zero-order valence-corrected chi connectivity index (χ0v) is 9.54. The molecule has 0 radical (unpaired) electrons. The van der Waals surface area contributed by atoms with Gasteiger partial charge in [0.05, 0.1) is 15.5 Å². The van der Waals surface area contributed by atoms with Crippen molar-refractivity contribution in [3.63, 3.8) is 0 Å². The smallest absolute Gasteiger partial charge is 0.279 e. The van der Waals surface area contributed by atoms with Crippen LogP contribution in [0.15, 0.2) is 21.6 Å². The standard InChI is InChI=1S/C8H6BrClN2O2/c1-11-4-5-2-6(9)7(10)3-8(5)12(13)14/h2-4H,1H3. The van der Waals surface area contributed by atoms with Gasteiger partial charge in [0.2, 0.25) is 0 Å². The van der Waals surface area contributed by atoms with Crippen LogP contribution in [0.4, 0.5) is 5.69 Å². The summed E-state index contributed by atoms with van der Waals surface area (Å²) in [7, 11) is 1.55. The Bertz CT molecular complexity index is 407. The highest BCUT2D eigenvalue weighted by Crippen LogP contribution is 2.29. The van der Waals surface area contributed by atoms with E-state index >= 15 is 0 Å². The molecule has 4 nitrogen and oxygen atoms in total. The van der Waals surface area contributed by atoms with E-state index in [1.54, 1.807) is 13.1 Å². The molecule has 74 valence electrons. The Hall–Kier alpha value is -0.940. The number of hydrogen-bond acceptors (Lipinski definition) is 3. The van der Waals surface area contributed by atoms with Crippen LogP contribution in [-0.2, 0) is 0 Å². The predicted octanol–water partition coefficient (Wildman–Crippen LogP) is 3.06. The molecule has 0 aliphatic carbocycles. The van der Waals surface area contributed by atoms with Gasteiger partial charge in [0.1, 0.15) is 0 Å². The number of hydrogen-bond donors (Lipinski definition) is 0. The molecule has 14 heavy (non-hydrogen) atoms. The van der Waals surface area contributed by atoms with Crippen LogP contribution in [-0.4, -0.2) is 18.2 Å². The van der Waals surface area contributed by atoms with Crippen molar-refractivity contribution in [2.45, 2.75) is 0 Å². The Morgan fingerprint density at radius 1 is 1.64 bits per heavy atom. The Morgan fingerprint density at radius 3 is 2.79 bits per heavy atom. The van der Waals surface area contributed by atoms with Crippen molar-refractivity contribution in [2.24, 2.45) is 4.99 Å². The molecule has 0 fully saturated rings. The van der Waals surface area contributed by atoms with Crippen molar-refractivity contribution < 1.29 is 4.92 Å². The van der Waals surface area contributed by atoms with Gasteiger partial charge in [-0.1, -0.05) is 11.6 Å². The predicted molar refractivity (Wildman–Crippen MR) is 59.3 cm³/mol. The fourth-order valence-corrected chi connectivity index (χ4v) is 1.47. The van der Waals surface area contributed by atoms with Crippen LogP contribution in [0.25, 0.3) is 0 Å². The molecule has 0 amide bonds. The lowest BCUT2D eigenvalue weighted by Gasteiger charge is -2.00. The van der Waals surface area contributed by atoms with Crippen LogP contribution >= 0.6 is 27.5 Å². The zero-order valence-electron chi connectivity index (χ0n) is 7.20. The van der Waals surface area contributed by atoms with Crippen LogP contribution in [0.3, 0.4) is 0 Å². The normalized spacial score (nSPS) is 10.8. The minimum atomic E-state index is -0.491. The maximum Gasteiger partial charge on any atom is 0.279 e. The number of rotatable bonds is 2. The molecule has 0 aromatic heterocycles. The van der Waals surface area contributed by atoms with Crippen molar-refractivity contribution in [1.82, 2.24) is 0 Å². The first-order valence-corrected chi connectivity index (χ1v) is 4.79. The van der Waals surface area contributed by atoms with Crippen molar-refractivity contribution >= 4 is 39.4 Å². The number of nitro benzene ring substituents is 1. The van der Waals surface area contributed by atoms with Crippen LogP contribution < -0.4 is 0 Å². The summed E-state index contributed by atoms with van der Waals surface area (Å²) in [6.07, 6.45) is 1.42. The minimum Gasteiger partial charge on any atom is -0.296 e. The third-order valence-electron chi connectivity index (χ3n) is 1.53. The molecule has 0 saturated carbocycles. The van der Waals surface area contributed by atoms with E-state index in [2.05, 4.69) is 20.9 Å². The molecular formula is C8H6BrClN2O2. The third-order valence-corrected chi connectivity index (χ3v) is 2.73. The van der Waals surface area contributed by atoms with E-state index in [1.165, 1.54) is 12.3 Å². The Balaban J connectivity index is 3.38. The summed E-state index contributed by atoms with van der Waals surface area (Å²) in [4.78, 5) is 13.9. The summed E-state index contributed by atoms with van der Waals surface area (Å²) < 4.78 is 0.611. The maximum absolute atomic E-state index is 10.6. The number of benzene rings is 1. The van der Waals surface area contributed by atoms with Gasteiger partial charge < -0.3 is 0 Å². The number of nitrogens with zero attached hydrogens (tertiary/aromatic N) is 2. The van der Waals surface area contributed by atoms with Gasteiger partial charge in [0.25, 0.3) is 5.69 Å². The van der Waals surface area contributed by atoms with Crippen LogP contribution in [0, 0.1) is 10.1 Å². The van der Waals surface area contributed by atoms with Gasteiger partial charge in [0.15, 0.2) is 0 Å². The van der Waals surface area contributed by atoms with E-state index in [4.69, 9.17) is 11.6 Å². The van der Waals surface area contributed by atoms with Gasteiger partial charge in [-0.3, -0.25) is 15.1 Å². The van der Waals surface area contributed by atoms with Crippen LogP contribution in [0.5, 0.6) is 0 Å². The zero-order chi connectivity index (χ0) is 10.7. The second-order valence-electron chi connectivity index (χ2n) is 2.47. The van der Waals surface area contributed by atoms with Crippen molar-refractivity contribution in [3.8, 4) is 0 Å². The molecule has 0 heterocycles. The molecule has 6 heteroatoms. The lowest BCUT2D eigenvalue weighted by molar-refractivity contribution is -0.385. The fraction of sp³-hybridized carbons (Fsp3) is 0.125. The Labute approximate surface area is 93.9 Å². The number of nitro groups is 1. The summed E-state index contributed by atoms with van der Waals surface area (Å²) in [5.74, 6) is 0. The number of aliphatic imine (C=N–C) groups is 1. The molecule has 0 bridgehead atoms. The SMILES string of the molecule is CN=Cc1cc(Br)c(Cl)cc1[N+](=O)[O-]. The van der Waals surface area contributed by atoms with Crippen molar-refractivity contribution in [1.29, 1.82) is 0 Å². The highest BCUT2D eigenvalue weighted by atomic mass is 79.9. The summed E-state index contributed by atoms with van der Waals surface area (Å²) in [5, 5.41) is 10.9. The van der Waals surface area contributed by atoms with Gasteiger partial charge in [-0.25, -0.2) is 0 Å². The Morgan fingerprint density at radius 2 is 2.29 bits per heavy atom. The van der Waals surface area contributed by atoms with E-state index in [9.17, 15) is 10.1 Å². The van der Waals surface area contributed by atoms with E-state index in [-0.39, 0.29) is 5.69 Å². The summed E-state index contributed by atoms with van der Waals surface area (Å²) in [5.41, 5.74) is 0.373. The molecule has 0 N–H and O–H groups in total. The minimum absolute atomic E-state index is 0.0520. The van der Waals surface area contributed by atoms with E-state index < -0.39 is 4.92 Å². The summed E-state index contributed by atoms with van der Waals surface area (Å²) >= 11 is 8.92. The Kier molecular flexibility index (Phi) is 3.60. The molecule has 0 unspecified atom stereocenters. The molecule has 1 rings (SSSR count). The van der Waals surface area contributed by atoms with E-state index in [0.29, 0.717) is 15.1 Å². The lowest BCUT2D eigenvalue weighted by atomic mass is 10.2. The molecule has 0 spiro atoms. The van der Waals surface area contributed by atoms with Gasteiger partial charge >= 0.3 is 0 Å². The average Bonchev–Trinajstić information content (AvgIpc) is 2.11. The molecule has 0 aliphatic heterocycles. The lowest BCUT2D eigenvalue weighted by Crippen LogP contribution is -1.95. The van der Waals surface area contributed by atoms with Gasteiger partial charge in [-0.2, -0.15) is 0 Å². The fourth-order valence-electron chi connectivity index (χ4n) is 0.952. The topological polar surface area (TPSA) is 55.5 Å². The van der Waals surface area contributed by atoms with Crippen molar-refractivity contribution in [3.05, 3.63) is 37.3 Å². The van der Waals surface area contributed by atoms with Gasteiger partial charge in [-0.15, -0.1) is 0 Å². The van der Waals surface area contributed by atoms with Gasteiger partial charge in [-0.05, 0) is 22.0 Å². The molecule has 0 atom stereocenters. The second-order valence-corrected chi connectivity index (χ2v) is 3.73.